The number of anilines is 1. The summed E-state index contributed by atoms with van der Waals surface area (Å²) in [6.45, 7) is 4.33. The Kier molecular flexibility index (Phi) is 3.16. The van der Waals surface area contributed by atoms with Gasteiger partial charge in [0.25, 0.3) is 5.91 Å². The Bertz CT molecular complexity index is 903. The number of rotatable bonds is 1. The number of nitrogens with zero attached hydrogens (tertiary/aromatic N) is 1. The molecule has 1 N–H and O–H groups in total. The second-order valence-corrected chi connectivity index (χ2v) is 7.93. The lowest BCUT2D eigenvalue weighted by Crippen LogP contribution is -2.39. The number of fused-ring (bicyclic) bond motifs is 5. The molecule has 4 nitrogen and oxygen atoms in total. The fourth-order valence-corrected chi connectivity index (χ4v) is 4.36. The van der Waals surface area contributed by atoms with Crippen LogP contribution in [0.3, 0.4) is 0 Å². The van der Waals surface area contributed by atoms with Crippen LogP contribution < -0.4 is 4.90 Å². The van der Waals surface area contributed by atoms with Gasteiger partial charge in [0.05, 0.1) is 17.2 Å². The van der Waals surface area contributed by atoms with E-state index < -0.39 is 5.97 Å². The van der Waals surface area contributed by atoms with Gasteiger partial charge in [-0.3, -0.25) is 4.79 Å². The van der Waals surface area contributed by atoms with E-state index in [0.29, 0.717) is 5.56 Å². The maximum absolute atomic E-state index is 13.1. The molecule has 0 aliphatic carbocycles. The summed E-state index contributed by atoms with van der Waals surface area (Å²) in [5, 5.41) is 9.46. The molecule has 0 bridgehead atoms. The van der Waals surface area contributed by atoms with Gasteiger partial charge in [-0.25, -0.2) is 4.79 Å². The molecule has 2 heterocycles. The van der Waals surface area contributed by atoms with Crippen LogP contribution >= 0.6 is 15.9 Å². The average molecular weight is 386 g/mol. The van der Waals surface area contributed by atoms with Crippen LogP contribution in [-0.4, -0.2) is 17.0 Å². The van der Waals surface area contributed by atoms with Crippen LogP contribution in [0.2, 0.25) is 0 Å². The van der Waals surface area contributed by atoms with Gasteiger partial charge in [0.1, 0.15) is 0 Å². The molecule has 2 aliphatic heterocycles. The van der Waals surface area contributed by atoms with Gasteiger partial charge in [-0.15, -0.1) is 0 Å². The van der Waals surface area contributed by atoms with Gasteiger partial charge in [0, 0.05) is 10.2 Å². The molecular weight excluding hydrogens is 370 g/mol. The van der Waals surface area contributed by atoms with E-state index in [1.54, 1.807) is 11.0 Å². The fourth-order valence-electron chi connectivity index (χ4n) is 4.00. The minimum Gasteiger partial charge on any atom is -0.478 e. The van der Waals surface area contributed by atoms with E-state index >= 15 is 0 Å². The third-order valence-electron chi connectivity index (χ3n) is 5.08. The highest BCUT2D eigenvalue weighted by Gasteiger charge is 2.47. The lowest BCUT2D eigenvalue weighted by atomic mass is 9.74. The Morgan fingerprint density at radius 1 is 1.29 bits per heavy atom. The molecule has 2 aromatic rings. The summed E-state index contributed by atoms with van der Waals surface area (Å²) < 4.78 is 0.975. The zero-order chi connectivity index (χ0) is 17.2. The number of hydrogen-bond donors (Lipinski definition) is 1. The molecular formula is C19H16BrNO3. The van der Waals surface area contributed by atoms with Crippen molar-refractivity contribution in [2.45, 2.75) is 31.7 Å². The van der Waals surface area contributed by atoms with Crippen molar-refractivity contribution in [2.75, 3.05) is 4.90 Å². The van der Waals surface area contributed by atoms with Crippen molar-refractivity contribution in [3.8, 4) is 0 Å². The van der Waals surface area contributed by atoms with E-state index in [9.17, 15) is 14.7 Å². The molecule has 0 radical (unpaired) electrons. The Hall–Kier alpha value is -2.14. The van der Waals surface area contributed by atoms with Gasteiger partial charge < -0.3 is 10.0 Å². The first-order valence-corrected chi connectivity index (χ1v) is 8.60. The van der Waals surface area contributed by atoms with Crippen LogP contribution in [0.5, 0.6) is 0 Å². The highest BCUT2D eigenvalue weighted by atomic mass is 79.9. The summed E-state index contributed by atoms with van der Waals surface area (Å²) in [6.07, 6.45) is 0.762. The molecule has 5 heteroatoms. The number of carbonyl (C=O) groups is 2. The van der Waals surface area contributed by atoms with Gasteiger partial charge in [-0.2, -0.15) is 0 Å². The summed E-state index contributed by atoms with van der Waals surface area (Å²) in [5.41, 5.74) is 3.11. The van der Waals surface area contributed by atoms with Crippen LogP contribution in [0.25, 0.3) is 0 Å². The maximum Gasteiger partial charge on any atom is 0.336 e. The summed E-state index contributed by atoms with van der Waals surface area (Å²) in [7, 11) is 0. The molecule has 122 valence electrons. The minimum absolute atomic E-state index is 0.0865. The van der Waals surface area contributed by atoms with Crippen LogP contribution in [-0.2, 0) is 5.41 Å². The van der Waals surface area contributed by atoms with Crippen molar-refractivity contribution < 1.29 is 14.7 Å². The quantitative estimate of drug-likeness (QED) is 0.784. The second-order valence-electron chi connectivity index (χ2n) is 7.02. The van der Waals surface area contributed by atoms with Crippen molar-refractivity contribution in [3.63, 3.8) is 0 Å². The molecule has 1 unspecified atom stereocenters. The van der Waals surface area contributed by atoms with E-state index in [1.165, 1.54) is 6.07 Å². The van der Waals surface area contributed by atoms with E-state index in [-0.39, 0.29) is 22.9 Å². The Morgan fingerprint density at radius 3 is 2.75 bits per heavy atom. The van der Waals surface area contributed by atoms with Gasteiger partial charge in [-0.1, -0.05) is 41.9 Å². The van der Waals surface area contributed by atoms with Gasteiger partial charge in [0.2, 0.25) is 0 Å². The fraction of sp³-hybridized carbons (Fsp3) is 0.263. The number of carboxylic acid groups (broad SMARTS) is 1. The molecule has 0 saturated heterocycles. The predicted molar refractivity (Wildman–Crippen MR) is 94.7 cm³/mol. The molecule has 2 aromatic carbocycles. The summed E-state index contributed by atoms with van der Waals surface area (Å²) in [5.74, 6) is -1.28. The van der Waals surface area contributed by atoms with E-state index in [0.717, 1.165) is 27.7 Å². The zero-order valence-corrected chi connectivity index (χ0v) is 14.9. The highest BCUT2D eigenvalue weighted by molar-refractivity contribution is 9.10. The Balaban J connectivity index is 1.98. The number of carbonyl (C=O) groups excluding carboxylic acids is 1. The van der Waals surface area contributed by atoms with Crippen molar-refractivity contribution in [1.29, 1.82) is 0 Å². The largest absolute Gasteiger partial charge is 0.478 e. The van der Waals surface area contributed by atoms with Crippen LogP contribution in [0, 0.1) is 0 Å². The highest BCUT2D eigenvalue weighted by Crippen LogP contribution is 2.52. The lowest BCUT2D eigenvalue weighted by molar-refractivity contribution is 0.0692. The topological polar surface area (TPSA) is 57.6 Å². The summed E-state index contributed by atoms with van der Waals surface area (Å²) in [4.78, 5) is 26.4. The first-order valence-electron chi connectivity index (χ1n) is 7.81. The molecule has 24 heavy (non-hydrogen) atoms. The monoisotopic (exact) mass is 385 g/mol. The van der Waals surface area contributed by atoms with E-state index in [4.69, 9.17) is 0 Å². The maximum atomic E-state index is 13.1. The number of carboxylic acids is 1. The van der Waals surface area contributed by atoms with Gasteiger partial charge in [0.15, 0.2) is 0 Å². The smallest absolute Gasteiger partial charge is 0.336 e. The second kappa shape index (κ2) is 4.93. The van der Waals surface area contributed by atoms with Crippen LogP contribution in [0.1, 0.15) is 58.2 Å². The molecule has 0 aromatic heterocycles. The minimum atomic E-state index is -1.06. The zero-order valence-electron chi connectivity index (χ0n) is 13.3. The van der Waals surface area contributed by atoms with Gasteiger partial charge in [-0.05, 0) is 47.2 Å². The van der Waals surface area contributed by atoms with Crippen molar-refractivity contribution in [3.05, 3.63) is 63.1 Å². The van der Waals surface area contributed by atoms with Crippen LogP contribution in [0.4, 0.5) is 5.69 Å². The summed E-state index contributed by atoms with van der Waals surface area (Å²) in [6, 6.07) is 10.9. The molecule has 0 fully saturated rings. The van der Waals surface area contributed by atoms with Crippen molar-refractivity contribution in [1.82, 2.24) is 0 Å². The van der Waals surface area contributed by atoms with Gasteiger partial charge >= 0.3 is 5.97 Å². The van der Waals surface area contributed by atoms with Crippen molar-refractivity contribution in [2.24, 2.45) is 0 Å². The number of hydrogen-bond acceptors (Lipinski definition) is 2. The average Bonchev–Trinajstić information content (AvgIpc) is 2.80. The number of amides is 1. The van der Waals surface area contributed by atoms with Crippen LogP contribution in [0.15, 0.2) is 40.9 Å². The normalized spacial score (nSPS) is 20.4. The third kappa shape index (κ3) is 1.97. The molecule has 0 saturated carbocycles. The number of aromatic carboxylic acids is 1. The molecule has 1 atom stereocenters. The van der Waals surface area contributed by atoms with Crippen molar-refractivity contribution >= 4 is 33.5 Å². The van der Waals surface area contributed by atoms with E-state index in [1.807, 2.05) is 18.2 Å². The Morgan fingerprint density at radius 2 is 2.04 bits per heavy atom. The molecule has 2 aliphatic rings. The van der Waals surface area contributed by atoms with E-state index in [2.05, 4.69) is 35.8 Å². The third-order valence-corrected chi connectivity index (χ3v) is 5.57. The molecule has 0 spiro atoms. The number of benzene rings is 2. The standard InChI is InChI=1S/C19H16BrNO3/c1-19(2)9-15-11-4-3-5-12(18(23)24)16(11)17(22)21(15)14-7-6-10(20)8-13(14)19/h3-8,15H,9H2,1-2H3,(H,23,24). The lowest BCUT2D eigenvalue weighted by Gasteiger charge is -2.42. The first-order chi connectivity index (χ1) is 11.3. The molecule has 4 rings (SSSR count). The number of halogens is 1. The first kappa shape index (κ1) is 15.4. The Labute approximate surface area is 148 Å². The molecule has 1 amide bonds. The predicted octanol–water partition coefficient (Wildman–Crippen LogP) is 4.53. The SMILES string of the molecule is CC1(C)CC2c3cccc(C(=O)O)c3C(=O)N2c2ccc(Br)cc21. The summed E-state index contributed by atoms with van der Waals surface area (Å²) >= 11 is 3.51.